The summed E-state index contributed by atoms with van der Waals surface area (Å²) in [5.41, 5.74) is 0.921. The Hall–Kier alpha value is -3.78. The van der Waals surface area contributed by atoms with E-state index in [1.165, 1.54) is 31.1 Å². The van der Waals surface area contributed by atoms with Gasteiger partial charge in [-0.15, -0.1) is 0 Å². The number of hydrogen-bond donors (Lipinski definition) is 7. The van der Waals surface area contributed by atoms with E-state index in [-0.39, 0.29) is 17.8 Å². The fourth-order valence-corrected chi connectivity index (χ4v) is 6.19. The smallest absolute Gasteiger partial charge is 0.255 e. The van der Waals surface area contributed by atoms with Crippen LogP contribution in [-0.4, -0.2) is 111 Å². The number of aromatic hydroxyl groups is 1. The Morgan fingerprint density at radius 1 is 1.10 bits per heavy atom. The Balaban J connectivity index is 1.95. The SMILES string of the molecule is C[C@H]1c2ccc(NC(=O)CN(C)C)c(O)c2C(O)=C2C(=O)[C@]3(O)C(O)=C(C(N)=O)C(=O)[C@@H](N(C)C)C3[C@@H](O)C21. The third-order valence-corrected chi connectivity index (χ3v) is 7.86. The standard InChI is InChI=1S/C26H32N4O9/c1-9-10-6-7-11(28-12(31)8-29(2)3)19(32)14(10)20(33)15-13(9)21(34)17-18(30(4)5)22(35)16(25(27)38)24(37)26(17,39)23(15)36/h6-7,9,13,17-18,21,32-34,37,39H,8H2,1-5H3,(H2,27,38)(H,28,31)/t9-,13?,17?,18-,21-,26-/m0/s1. The molecule has 13 nitrogen and oxygen atoms in total. The maximum Gasteiger partial charge on any atom is 0.255 e. The first-order valence-electron chi connectivity index (χ1n) is 12.2. The van der Waals surface area contributed by atoms with Crippen LogP contribution in [0, 0.1) is 11.8 Å². The fraction of sp³-hybridized carbons (Fsp3) is 0.462. The zero-order valence-corrected chi connectivity index (χ0v) is 22.1. The van der Waals surface area contributed by atoms with Crippen LogP contribution in [-0.2, 0) is 19.2 Å². The number of hydrogen-bond acceptors (Lipinski definition) is 11. The molecule has 4 rings (SSSR count). The number of phenols is 1. The number of ketones is 2. The second-order valence-corrected chi connectivity index (χ2v) is 10.8. The Morgan fingerprint density at radius 2 is 1.72 bits per heavy atom. The summed E-state index contributed by atoms with van der Waals surface area (Å²) in [4.78, 5) is 54.4. The number of nitrogens with one attached hydrogen (secondary N) is 1. The number of amides is 2. The van der Waals surface area contributed by atoms with Gasteiger partial charge in [-0.1, -0.05) is 13.0 Å². The molecule has 3 aliphatic carbocycles. The molecular weight excluding hydrogens is 512 g/mol. The minimum Gasteiger partial charge on any atom is -0.508 e. The number of nitrogens with two attached hydrogens (primary N) is 1. The molecule has 1 fully saturated rings. The van der Waals surface area contributed by atoms with E-state index in [0.29, 0.717) is 5.56 Å². The quantitative estimate of drug-likeness (QED) is 0.176. The van der Waals surface area contributed by atoms with Crippen molar-refractivity contribution in [2.75, 3.05) is 40.1 Å². The number of phenolic OH excluding ortho intramolecular Hbond substituents is 1. The van der Waals surface area contributed by atoms with Gasteiger partial charge in [-0.2, -0.15) is 0 Å². The minimum atomic E-state index is -2.99. The first-order valence-corrected chi connectivity index (χ1v) is 12.2. The molecule has 210 valence electrons. The van der Waals surface area contributed by atoms with Gasteiger partial charge in [0.1, 0.15) is 22.8 Å². The van der Waals surface area contributed by atoms with Crippen LogP contribution < -0.4 is 11.1 Å². The number of fused-ring (bicyclic) bond motifs is 3. The summed E-state index contributed by atoms with van der Waals surface area (Å²) in [6, 6.07) is 1.52. The summed E-state index contributed by atoms with van der Waals surface area (Å²) in [6.45, 7) is 1.63. The highest BCUT2D eigenvalue weighted by Gasteiger charge is 2.68. The fourth-order valence-electron chi connectivity index (χ4n) is 6.19. The number of Topliss-reactive ketones (excluding diaryl/α,β-unsaturated/α-hetero) is 2. The molecule has 0 radical (unpaired) electrons. The van der Waals surface area contributed by atoms with Crippen LogP contribution in [0.15, 0.2) is 29.0 Å². The lowest BCUT2D eigenvalue weighted by molar-refractivity contribution is -0.169. The molecule has 8 N–H and O–H groups in total. The predicted molar refractivity (Wildman–Crippen MR) is 138 cm³/mol. The highest BCUT2D eigenvalue weighted by atomic mass is 16.4. The third-order valence-electron chi connectivity index (χ3n) is 7.86. The highest BCUT2D eigenvalue weighted by Crippen LogP contribution is 2.56. The second-order valence-electron chi connectivity index (χ2n) is 10.8. The molecule has 6 atom stereocenters. The number of rotatable bonds is 5. The van der Waals surface area contributed by atoms with Gasteiger partial charge in [-0.05, 0) is 45.7 Å². The number of likely N-dealkylation sites (N-methyl/N-ethyl adjacent to an activating group) is 2. The van der Waals surface area contributed by atoms with Gasteiger partial charge in [0.15, 0.2) is 11.4 Å². The van der Waals surface area contributed by atoms with E-state index in [2.05, 4.69) is 5.32 Å². The van der Waals surface area contributed by atoms with E-state index in [1.807, 2.05) is 0 Å². The maximum atomic E-state index is 14.0. The summed E-state index contributed by atoms with van der Waals surface area (Å²) < 4.78 is 0. The average molecular weight is 545 g/mol. The third kappa shape index (κ3) is 3.92. The molecule has 3 aliphatic rings. The first-order chi connectivity index (χ1) is 18.1. The second kappa shape index (κ2) is 9.45. The Morgan fingerprint density at radius 3 is 2.26 bits per heavy atom. The molecule has 0 spiro atoms. The van der Waals surface area contributed by atoms with Crippen molar-refractivity contribution in [1.29, 1.82) is 0 Å². The largest absolute Gasteiger partial charge is 0.508 e. The maximum absolute atomic E-state index is 14.0. The molecule has 1 aromatic carbocycles. The number of carbonyl (C=O) groups excluding carboxylic acids is 4. The van der Waals surface area contributed by atoms with Crippen molar-refractivity contribution in [2.24, 2.45) is 17.6 Å². The predicted octanol–water partition coefficient (Wildman–Crippen LogP) is -1.00. The van der Waals surface area contributed by atoms with E-state index >= 15 is 0 Å². The minimum absolute atomic E-state index is 0.000736. The lowest BCUT2D eigenvalue weighted by Crippen LogP contribution is -2.70. The van der Waals surface area contributed by atoms with E-state index in [0.717, 1.165) is 0 Å². The van der Waals surface area contributed by atoms with Gasteiger partial charge in [0.25, 0.3) is 5.91 Å². The van der Waals surface area contributed by atoms with Crippen molar-refractivity contribution < 1.29 is 44.7 Å². The van der Waals surface area contributed by atoms with Crippen molar-refractivity contribution in [3.63, 3.8) is 0 Å². The first kappa shape index (κ1) is 28.2. The summed E-state index contributed by atoms with van der Waals surface area (Å²) in [7, 11) is 6.23. The number of nitrogens with zero attached hydrogens (tertiary/aromatic N) is 2. The Labute approximate surface area is 223 Å². The van der Waals surface area contributed by atoms with Crippen molar-refractivity contribution in [1.82, 2.24) is 9.80 Å². The van der Waals surface area contributed by atoms with Crippen molar-refractivity contribution in [3.8, 4) is 5.75 Å². The van der Waals surface area contributed by atoms with Crippen LogP contribution in [0.1, 0.15) is 24.0 Å². The summed E-state index contributed by atoms with van der Waals surface area (Å²) >= 11 is 0. The molecule has 0 saturated heterocycles. The molecule has 1 aromatic rings. The van der Waals surface area contributed by atoms with Gasteiger partial charge in [0.2, 0.25) is 11.7 Å². The van der Waals surface area contributed by atoms with Crippen LogP contribution >= 0.6 is 0 Å². The Bertz CT molecular complexity index is 1370. The molecule has 39 heavy (non-hydrogen) atoms. The molecule has 1 saturated carbocycles. The van der Waals surface area contributed by atoms with Gasteiger partial charge in [0, 0.05) is 11.5 Å². The highest BCUT2D eigenvalue weighted by molar-refractivity contribution is 6.24. The number of primary amides is 1. The molecule has 0 aliphatic heterocycles. The molecule has 0 bridgehead atoms. The summed E-state index contributed by atoms with van der Waals surface area (Å²) in [5, 5.41) is 59.1. The summed E-state index contributed by atoms with van der Waals surface area (Å²) in [6.07, 6.45) is -1.68. The number of carbonyl (C=O) groups is 4. The van der Waals surface area contributed by atoms with Crippen LogP contribution in [0.3, 0.4) is 0 Å². The van der Waals surface area contributed by atoms with Crippen LogP contribution in [0.4, 0.5) is 5.69 Å². The molecule has 13 heteroatoms. The number of anilines is 1. The van der Waals surface area contributed by atoms with Crippen LogP contribution in [0.2, 0.25) is 0 Å². The van der Waals surface area contributed by atoms with Crippen molar-refractivity contribution in [3.05, 3.63) is 40.2 Å². The van der Waals surface area contributed by atoms with Gasteiger partial charge in [0.05, 0.1) is 35.9 Å². The summed E-state index contributed by atoms with van der Waals surface area (Å²) in [5.74, 6) is -10.2. The van der Waals surface area contributed by atoms with Gasteiger partial charge in [-0.25, -0.2) is 0 Å². The van der Waals surface area contributed by atoms with Gasteiger partial charge < -0.3 is 41.5 Å². The normalized spacial score (nSPS) is 30.3. The molecule has 0 heterocycles. The van der Waals surface area contributed by atoms with E-state index in [9.17, 15) is 44.7 Å². The zero-order valence-electron chi connectivity index (χ0n) is 22.1. The zero-order chi connectivity index (χ0) is 29.3. The lowest BCUT2D eigenvalue weighted by Gasteiger charge is -2.53. The van der Waals surface area contributed by atoms with Crippen LogP contribution in [0.25, 0.3) is 5.76 Å². The van der Waals surface area contributed by atoms with Gasteiger partial charge >= 0.3 is 0 Å². The van der Waals surface area contributed by atoms with Gasteiger partial charge in [-0.3, -0.25) is 24.1 Å². The number of aliphatic hydroxyl groups is 4. The monoisotopic (exact) mass is 544 g/mol. The number of benzene rings is 1. The topological polar surface area (TPSA) is 214 Å². The van der Waals surface area contributed by atoms with E-state index in [4.69, 9.17) is 5.73 Å². The van der Waals surface area contributed by atoms with Crippen molar-refractivity contribution >= 4 is 34.8 Å². The number of aliphatic hydroxyl groups excluding tert-OH is 3. The van der Waals surface area contributed by atoms with Crippen molar-refractivity contribution in [2.45, 2.75) is 30.6 Å². The molecular formula is C26H32N4O9. The van der Waals surface area contributed by atoms with Crippen LogP contribution in [0.5, 0.6) is 5.75 Å². The molecule has 2 unspecified atom stereocenters. The molecule has 0 aromatic heterocycles. The Kier molecular flexibility index (Phi) is 6.84. The van der Waals surface area contributed by atoms with E-state index < -0.39 is 87.3 Å². The average Bonchev–Trinajstić information content (AvgIpc) is 2.82. The van der Waals surface area contributed by atoms with E-state index in [1.54, 1.807) is 25.9 Å². The lowest BCUT2D eigenvalue weighted by atomic mass is 9.54. The molecule has 2 amide bonds.